The van der Waals surface area contributed by atoms with Crippen LogP contribution in [0.1, 0.15) is 11.4 Å². The average molecular weight is 254 g/mol. The van der Waals surface area contributed by atoms with Crippen LogP contribution >= 0.6 is 15.9 Å². The number of hydrogen-bond donors (Lipinski definition) is 0. The monoisotopic (exact) mass is 253 g/mol. The number of hydrogen-bond acceptors (Lipinski definition) is 4. The van der Waals surface area contributed by atoms with Crippen LogP contribution in [0.25, 0.3) is 5.95 Å². The first kappa shape index (κ1) is 9.26. The summed E-state index contributed by atoms with van der Waals surface area (Å²) in [5, 5.41) is 12.0. The van der Waals surface area contributed by atoms with E-state index in [0.717, 1.165) is 15.9 Å². The van der Waals surface area contributed by atoms with Crippen molar-refractivity contribution in [2.75, 3.05) is 0 Å². The molecule has 0 spiro atoms. The van der Waals surface area contributed by atoms with E-state index in [-0.39, 0.29) is 0 Å². The fraction of sp³-hybridized carbons (Fsp3) is 0.250. The third kappa shape index (κ3) is 1.65. The van der Waals surface area contributed by atoms with Crippen LogP contribution in [-0.4, -0.2) is 25.0 Å². The van der Waals surface area contributed by atoms with Crippen molar-refractivity contribution in [3.05, 3.63) is 28.3 Å². The van der Waals surface area contributed by atoms with E-state index in [2.05, 4.69) is 36.2 Å². The molecule has 0 saturated carbocycles. The third-order valence-electron chi connectivity index (χ3n) is 1.84. The van der Waals surface area contributed by atoms with Gasteiger partial charge in [-0.05, 0) is 29.8 Å². The van der Waals surface area contributed by atoms with E-state index in [0.29, 0.717) is 5.95 Å². The lowest BCUT2D eigenvalue weighted by Crippen LogP contribution is -2.06. The zero-order valence-electron chi connectivity index (χ0n) is 7.77. The molecule has 0 radical (unpaired) electrons. The molecule has 0 aromatic carbocycles. The van der Waals surface area contributed by atoms with Gasteiger partial charge in [0.25, 0.3) is 5.95 Å². The minimum Gasteiger partial charge on any atom is -0.213 e. The van der Waals surface area contributed by atoms with Crippen molar-refractivity contribution in [2.45, 2.75) is 13.8 Å². The quantitative estimate of drug-likeness (QED) is 0.772. The molecular formula is C8H8BrN5. The smallest absolute Gasteiger partial charge is 0.213 e. The van der Waals surface area contributed by atoms with Crippen LogP contribution in [0.5, 0.6) is 0 Å². The highest BCUT2D eigenvalue weighted by molar-refractivity contribution is 9.10. The SMILES string of the molecule is Cc1nnc(-n2cc(Br)cn2)nc1C. The molecule has 0 atom stereocenters. The van der Waals surface area contributed by atoms with Gasteiger partial charge in [-0.25, -0.2) is 9.67 Å². The summed E-state index contributed by atoms with van der Waals surface area (Å²) >= 11 is 3.30. The van der Waals surface area contributed by atoms with Crippen molar-refractivity contribution < 1.29 is 0 Å². The van der Waals surface area contributed by atoms with E-state index in [1.807, 2.05) is 13.8 Å². The van der Waals surface area contributed by atoms with Gasteiger partial charge in [-0.3, -0.25) is 0 Å². The van der Waals surface area contributed by atoms with Gasteiger partial charge in [0.1, 0.15) is 0 Å². The second kappa shape index (κ2) is 3.45. The van der Waals surface area contributed by atoms with Crippen LogP contribution in [0.3, 0.4) is 0 Å². The van der Waals surface area contributed by atoms with Gasteiger partial charge in [0, 0.05) is 6.20 Å². The maximum absolute atomic E-state index is 4.26. The highest BCUT2D eigenvalue weighted by Crippen LogP contribution is 2.09. The molecule has 0 aliphatic heterocycles. The van der Waals surface area contributed by atoms with Gasteiger partial charge in [-0.15, -0.1) is 5.10 Å². The maximum atomic E-state index is 4.26. The van der Waals surface area contributed by atoms with Crippen LogP contribution in [0.15, 0.2) is 16.9 Å². The summed E-state index contributed by atoms with van der Waals surface area (Å²) in [6.07, 6.45) is 3.46. The highest BCUT2D eigenvalue weighted by atomic mass is 79.9. The molecule has 6 heteroatoms. The lowest BCUT2D eigenvalue weighted by atomic mass is 10.4. The van der Waals surface area contributed by atoms with Crippen LogP contribution in [-0.2, 0) is 0 Å². The molecule has 0 amide bonds. The van der Waals surface area contributed by atoms with Crippen LogP contribution in [0.2, 0.25) is 0 Å². The Bertz CT molecular complexity index is 465. The molecule has 2 aromatic rings. The van der Waals surface area contributed by atoms with E-state index in [4.69, 9.17) is 0 Å². The van der Waals surface area contributed by atoms with Crippen molar-refractivity contribution in [2.24, 2.45) is 0 Å². The zero-order chi connectivity index (χ0) is 10.1. The van der Waals surface area contributed by atoms with Crippen LogP contribution in [0.4, 0.5) is 0 Å². The molecule has 2 rings (SSSR count). The Hall–Kier alpha value is -1.30. The molecule has 0 N–H and O–H groups in total. The van der Waals surface area contributed by atoms with E-state index in [1.165, 1.54) is 0 Å². The van der Waals surface area contributed by atoms with E-state index in [1.54, 1.807) is 17.1 Å². The molecule has 0 aliphatic carbocycles. The summed E-state index contributed by atoms with van der Waals surface area (Å²) in [5.74, 6) is 0.485. The lowest BCUT2D eigenvalue weighted by molar-refractivity contribution is 0.752. The van der Waals surface area contributed by atoms with E-state index >= 15 is 0 Å². The van der Waals surface area contributed by atoms with Gasteiger partial charge in [0.2, 0.25) is 0 Å². The molecule has 14 heavy (non-hydrogen) atoms. The zero-order valence-corrected chi connectivity index (χ0v) is 9.35. The Morgan fingerprint density at radius 3 is 2.57 bits per heavy atom. The molecule has 72 valence electrons. The van der Waals surface area contributed by atoms with Gasteiger partial charge in [0.05, 0.1) is 22.1 Å². The normalized spacial score (nSPS) is 10.5. The fourth-order valence-corrected chi connectivity index (χ4v) is 1.24. The maximum Gasteiger partial charge on any atom is 0.270 e. The predicted octanol–water partition coefficient (Wildman–Crippen LogP) is 1.44. The summed E-state index contributed by atoms with van der Waals surface area (Å²) in [5.41, 5.74) is 1.70. The standard InChI is InChI=1S/C8H8BrN5/c1-5-6(2)12-13-8(11-5)14-4-7(9)3-10-14/h3-4H,1-2H3. The largest absolute Gasteiger partial charge is 0.270 e. The second-order valence-electron chi connectivity index (χ2n) is 2.89. The predicted molar refractivity (Wildman–Crippen MR) is 54.1 cm³/mol. The first-order valence-corrected chi connectivity index (χ1v) is 4.84. The second-order valence-corrected chi connectivity index (χ2v) is 3.80. The van der Waals surface area contributed by atoms with Gasteiger partial charge in [-0.1, -0.05) is 0 Å². The van der Waals surface area contributed by atoms with Crippen molar-refractivity contribution in [3.63, 3.8) is 0 Å². The number of aromatic nitrogens is 5. The van der Waals surface area contributed by atoms with Gasteiger partial charge in [0.15, 0.2) is 0 Å². The van der Waals surface area contributed by atoms with Crippen molar-refractivity contribution in [3.8, 4) is 5.95 Å². The molecule has 5 nitrogen and oxygen atoms in total. The summed E-state index contributed by atoms with van der Waals surface area (Å²) in [7, 11) is 0. The summed E-state index contributed by atoms with van der Waals surface area (Å²) < 4.78 is 2.46. The summed E-state index contributed by atoms with van der Waals surface area (Å²) in [6, 6.07) is 0. The molecule has 0 unspecified atom stereocenters. The van der Waals surface area contributed by atoms with Crippen molar-refractivity contribution >= 4 is 15.9 Å². The van der Waals surface area contributed by atoms with E-state index < -0.39 is 0 Å². The minimum atomic E-state index is 0.485. The Morgan fingerprint density at radius 1 is 1.21 bits per heavy atom. The van der Waals surface area contributed by atoms with Crippen molar-refractivity contribution in [1.82, 2.24) is 25.0 Å². The van der Waals surface area contributed by atoms with Crippen LogP contribution < -0.4 is 0 Å². The number of rotatable bonds is 1. The molecule has 0 saturated heterocycles. The Kier molecular flexibility index (Phi) is 2.28. The van der Waals surface area contributed by atoms with Crippen LogP contribution in [0, 0.1) is 13.8 Å². The fourth-order valence-electron chi connectivity index (χ4n) is 0.953. The molecule has 0 fully saturated rings. The molecular weight excluding hydrogens is 246 g/mol. The summed E-state index contributed by atoms with van der Waals surface area (Å²) in [6.45, 7) is 3.77. The average Bonchev–Trinajstić information content (AvgIpc) is 2.57. The minimum absolute atomic E-state index is 0.485. The lowest BCUT2D eigenvalue weighted by Gasteiger charge is -2.00. The Labute approximate surface area is 89.3 Å². The molecule has 2 heterocycles. The molecule has 0 aliphatic rings. The van der Waals surface area contributed by atoms with Gasteiger partial charge >= 0.3 is 0 Å². The number of halogens is 1. The van der Waals surface area contributed by atoms with Crippen molar-refractivity contribution in [1.29, 1.82) is 0 Å². The number of nitrogens with zero attached hydrogens (tertiary/aromatic N) is 5. The third-order valence-corrected chi connectivity index (χ3v) is 2.25. The first-order valence-electron chi connectivity index (χ1n) is 4.05. The topological polar surface area (TPSA) is 56.5 Å². The Morgan fingerprint density at radius 2 is 2.00 bits per heavy atom. The summed E-state index contributed by atoms with van der Waals surface area (Å²) in [4.78, 5) is 4.26. The number of aryl methyl sites for hydroxylation is 2. The van der Waals surface area contributed by atoms with Gasteiger partial charge < -0.3 is 0 Å². The Balaban J connectivity index is 2.47. The highest BCUT2D eigenvalue weighted by Gasteiger charge is 2.04. The van der Waals surface area contributed by atoms with Gasteiger partial charge in [-0.2, -0.15) is 10.2 Å². The van der Waals surface area contributed by atoms with E-state index in [9.17, 15) is 0 Å². The molecule has 2 aromatic heterocycles. The molecule has 0 bridgehead atoms. The first-order chi connectivity index (χ1) is 6.66.